The van der Waals surface area contributed by atoms with Crippen molar-refractivity contribution in [2.75, 3.05) is 6.54 Å². The Kier molecular flexibility index (Phi) is 6.16. The zero-order valence-electron chi connectivity index (χ0n) is 15.0. The third-order valence-electron chi connectivity index (χ3n) is 4.58. The lowest BCUT2D eigenvalue weighted by atomic mass is 10.1. The number of hydrogen-bond donors (Lipinski definition) is 3. The van der Waals surface area contributed by atoms with E-state index in [4.69, 9.17) is 11.6 Å². The molecular formula is C20H20ClN3O4. The molecule has 2 aromatic rings. The minimum atomic E-state index is -0.700. The van der Waals surface area contributed by atoms with Crippen molar-refractivity contribution in [3.63, 3.8) is 0 Å². The fourth-order valence-electron chi connectivity index (χ4n) is 3.17. The number of carbonyl (C=O) groups excluding carboxylic acids is 3. The number of hydrogen-bond acceptors (Lipinski definition) is 4. The van der Waals surface area contributed by atoms with E-state index in [1.807, 2.05) is 30.3 Å². The van der Waals surface area contributed by atoms with Crippen LogP contribution in [-0.4, -0.2) is 40.3 Å². The van der Waals surface area contributed by atoms with Gasteiger partial charge in [0.1, 0.15) is 11.8 Å². The number of halogens is 1. The summed E-state index contributed by atoms with van der Waals surface area (Å²) < 4.78 is 0. The predicted octanol–water partition coefficient (Wildman–Crippen LogP) is 2.04. The Bertz CT molecular complexity index is 888. The van der Waals surface area contributed by atoms with E-state index >= 15 is 0 Å². The van der Waals surface area contributed by atoms with E-state index in [0.29, 0.717) is 19.4 Å². The normalized spacial score (nSPS) is 15.9. The maximum absolute atomic E-state index is 12.6. The van der Waals surface area contributed by atoms with E-state index in [-0.39, 0.29) is 28.7 Å². The third kappa shape index (κ3) is 4.61. The molecule has 1 heterocycles. The van der Waals surface area contributed by atoms with Gasteiger partial charge in [-0.15, -0.1) is 0 Å². The average Bonchev–Trinajstić information content (AvgIpc) is 3.18. The monoisotopic (exact) mass is 401 g/mol. The number of likely N-dealkylation sites (tertiary alicyclic amines) is 1. The van der Waals surface area contributed by atoms with Crippen LogP contribution >= 0.6 is 11.6 Å². The summed E-state index contributed by atoms with van der Waals surface area (Å²) in [6.45, 7) is 0.493. The number of aromatic hydroxyl groups is 1. The smallest absolute Gasteiger partial charge is 0.273 e. The van der Waals surface area contributed by atoms with E-state index in [1.165, 1.54) is 23.1 Å². The lowest BCUT2D eigenvalue weighted by molar-refractivity contribution is -0.138. The number of nitrogens with zero attached hydrogens (tertiary/aromatic N) is 1. The van der Waals surface area contributed by atoms with Crippen LogP contribution in [0, 0.1) is 0 Å². The van der Waals surface area contributed by atoms with Crippen molar-refractivity contribution in [1.29, 1.82) is 0 Å². The van der Waals surface area contributed by atoms with E-state index in [9.17, 15) is 19.5 Å². The molecule has 1 aliphatic rings. The molecule has 0 aromatic heterocycles. The van der Waals surface area contributed by atoms with Gasteiger partial charge in [0.15, 0.2) is 0 Å². The highest BCUT2D eigenvalue weighted by molar-refractivity contribution is 6.31. The average molecular weight is 402 g/mol. The quantitative estimate of drug-likeness (QED) is 0.683. The van der Waals surface area contributed by atoms with Crippen LogP contribution in [0.2, 0.25) is 5.02 Å². The summed E-state index contributed by atoms with van der Waals surface area (Å²) in [6, 6.07) is 12.7. The van der Waals surface area contributed by atoms with E-state index < -0.39 is 17.9 Å². The van der Waals surface area contributed by atoms with Crippen molar-refractivity contribution < 1.29 is 19.5 Å². The van der Waals surface area contributed by atoms with Gasteiger partial charge in [0.2, 0.25) is 5.91 Å². The second kappa shape index (κ2) is 8.75. The van der Waals surface area contributed by atoms with Gasteiger partial charge in [0.25, 0.3) is 11.8 Å². The van der Waals surface area contributed by atoms with Crippen LogP contribution in [0.3, 0.4) is 0 Å². The summed E-state index contributed by atoms with van der Waals surface area (Å²) in [5.74, 6) is -1.57. The fraction of sp³-hybridized carbons (Fsp3) is 0.250. The molecule has 3 rings (SSSR count). The first-order valence-electron chi connectivity index (χ1n) is 8.88. The molecule has 8 heteroatoms. The highest BCUT2D eigenvalue weighted by Crippen LogP contribution is 2.21. The SMILES string of the molecule is O=C(NNC(=O)C1CCCN1C(=O)Cc1ccccc1)c1cc(Cl)ccc1O. The van der Waals surface area contributed by atoms with Crippen LogP contribution in [0.1, 0.15) is 28.8 Å². The van der Waals surface area contributed by atoms with Crippen molar-refractivity contribution in [2.45, 2.75) is 25.3 Å². The van der Waals surface area contributed by atoms with E-state index in [0.717, 1.165) is 5.56 Å². The van der Waals surface area contributed by atoms with Crippen LogP contribution in [0.4, 0.5) is 0 Å². The summed E-state index contributed by atoms with van der Waals surface area (Å²) in [4.78, 5) is 38.8. The second-order valence-electron chi connectivity index (χ2n) is 6.51. The molecular weight excluding hydrogens is 382 g/mol. The molecule has 1 atom stereocenters. The Hall–Kier alpha value is -3.06. The van der Waals surface area contributed by atoms with Crippen LogP contribution in [0.25, 0.3) is 0 Å². The Balaban J connectivity index is 1.59. The molecule has 2 aromatic carbocycles. The Morgan fingerprint density at radius 2 is 1.86 bits per heavy atom. The zero-order valence-corrected chi connectivity index (χ0v) is 15.8. The molecule has 1 aliphatic heterocycles. The van der Waals surface area contributed by atoms with Gasteiger partial charge in [0.05, 0.1) is 12.0 Å². The number of carbonyl (C=O) groups is 3. The fourth-order valence-corrected chi connectivity index (χ4v) is 3.34. The van der Waals surface area contributed by atoms with Crippen LogP contribution in [0.15, 0.2) is 48.5 Å². The van der Waals surface area contributed by atoms with Gasteiger partial charge >= 0.3 is 0 Å². The summed E-state index contributed by atoms with van der Waals surface area (Å²) in [5, 5.41) is 10.0. The molecule has 1 unspecified atom stereocenters. The summed E-state index contributed by atoms with van der Waals surface area (Å²) in [7, 11) is 0. The zero-order chi connectivity index (χ0) is 20.1. The molecule has 0 spiro atoms. The largest absolute Gasteiger partial charge is 0.507 e. The molecule has 146 valence electrons. The van der Waals surface area contributed by atoms with Crippen LogP contribution in [0.5, 0.6) is 5.75 Å². The predicted molar refractivity (Wildman–Crippen MR) is 104 cm³/mol. The Morgan fingerprint density at radius 1 is 1.11 bits per heavy atom. The topological polar surface area (TPSA) is 98.7 Å². The maximum atomic E-state index is 12.6. The number of benzene rings is 2. The number of rotatable bonds is 4. The molecule has 7 nitrogen and oxygen atoms in total. The Labute approximate surface area is 167 Å². The maximum Gasteiger partial charge on any atom is 0.273 e. The lowest BCUT2D eigenvalue weighted by Gasteiger charge is -2.24. The molecule has 0 radical (unpaired) electrons. The summed E-state index contributed by atoms with van der Waals surface area (Å²) in [6.07, 6.45) is 1.44. The van der Waals surface area contributed by atoms with Crippen molar-refractivity contribution in [3.05, 3.63) is 64.7 Å². The first-order chi connectivity index (χ1) is 13.5. The third-order valence-corrected chi connectivity index (χ3v) is 4.81. The van der Waals surface area contributed by atoms with Crippen LogP contribution in [-0.2, 0) is 16.0 Å². The molecule has 0 bridgehead atoms. The number of phenols is 1. The van der Waals surface area contributed by atoms with Crippen molar-refractivity contribution in [3.8, 4) is 5.75 Å². The first kappa shape index (κ1) is 19.7. The van der Waals surface area contributed by atoms with Crippen molar-refractivity contribution >= 4 is 29.3 Å². The summed E-state index contributed by atoms with van der Waals surface area (Å²) >= 11 is 5.83. The van der Waals surface area contributed by atoms with Gasteiger partial charge < -0.3 is 10.0 Å². The molecule has 3 N–H and O–H groups in total. The standard InChI is InChI=1S/C20H20ClN3O4/c21-14-8-9-17(25)15(12-14)19(27)22-23-20(28)16-7-4-10-24(16)18(26)11-13-5-2-1-3-6-13/h1-3,5-6,8-9,12,16,25H,4,7,10-11H2,(H,22,27)(H,23,28). The molecule has 1 fully saturated rings. The van der Waals surface area contributed by atoms with Crippen LogP contribution < -0.4 is 10.9 Å². The number of nitrogens with one attached hydrogen (secondary N) is 2. The lowest BCUT2D eigenvalue weighted by Crippen LogP contribution is -2.51. The highest BCUT2D eigenvalue weighted by atomic mass is 35.5. The van der Waals surface area contributed by atoms with Gasteiger partial charge in [-0.1, -0.05) is 41.9 Å². The van der Waals surface area contributed by atoms with Gasteiger partial charge in [-0.3, -0.25) is 25.2 Å². The van der Waals surface area contributed by atoms with E-state index in [2.05, 4.69) is 10.9 Å². The minimum absolute atomic E-state index is 0.0590. The Morgan fingerprint density at radius 3 is 2.61 bits per heavy atom. The number of hydrazine groups is 1. The molecule has 0 aliphatic carbocycles. The number of amides is 3. The van der Waals surface area contributed by atoms with Gasteiger partial charge in [-0.05, 0) is 36.6 Å². The second-order valence-corrected chi connectivity index (χ2v) is 6.95. The summed E-state index contributed by atoms with van der Waals surface area (Å²) in [5.41, 5.74) is 5.41. The van der Waals surface area contributed by atoms with Gasteiger partial charge in [-0.2, -0.15) is 0 Å². The molecule has 1 saturated heterocycles. The van der Waals surface area contributed by atoms with Crippen molar-refractivity contribution in [1.82, 2.24) is 15.8 Å². The highest BCUT2D eigenvalue weighted by Gasteiger charge is 2.34. The molecule has 3 amide bonds. The molecule has 28 heavy (non-hydrogen) atoms. The first-order valence-corrected chi connectivity index (χ1v) is 9.25. The van der Waals surface area contributed by atoms with Crippen molar-refractivity contribution in [2.24, 2.45) is 0 Å². The van der Waals surface area contributed by atoms with E-state index in [1.54, 1.807) is 0 Å². The minimum Gasteiger partial charge on any atom is -0.507 e. The van der Waals surface area contributed by atoms with Gasteiger partial charge in [-0.25, -0.2) is 0 Å². The number of phenolic OH excluding ortho intramolecular Hbond substituents is 1. The molecule has 0 saturated carbocycles. The van der Waals surface area contributed by atoms with Gasteiger partial charge in [0, 0.05) is 11.6 Å².